The number of thioether (sulfide) groups is 1. The summed E-state index contributed by atoms with van der Waals surface area (Å²) in [4.78, 5) is 24.3. The van der Waals surface area contributed by atoms with Gasteiger partial charge in [-0.2, -0.15) is 4.99 Å². The zero-order valence-electron chi connectivity index (χ0n) is 25.7. The summed E-state index contributed by atoms with van der Waals surface area (Å²) < 4.78 is 42.7. The number of anilines is 1. The van der Waals surface area contributed by atoms with Crippen molar-refractivity contribution in [3.05, 3.63) is 89.7 Å². The minimum absolute atomic E-state index is 0.0881. The molecule has 0 saturated carbocycles. The number of carbonyl (C=O) groups excluding carboxylic acids is 1. The number of aryl methyl sites for hydroxylation is 3. The summed E-state index contributed by atoms with van der Waals surface area (Å²) >= 11 is 1.66. The summed E-state index contributed by atoms with van der Waals surface area (Å²) in [6.07, 6.45) is -0.132. The molecule has 0 radical (unpaired) electrons. The first-order valence-corrected chi connectivity index (χ1v) is 15.9. The molecule has 2 atom stereocenters. The quantitative estimate of drug-likeness (QED) is 0.184. The number of benzene rings is 3. The number of aliphatic imine (C=N–C) groups is 1. The van der Waals surface area contributed by atoms with E-state index in [1.165, 1.54) is 46.4 Å². The number of amides is 1. The maximum absolute atomic E-state index is 13.1. The minimum Gasteiger partial charge on any atom is -0.406 e. The molecule has 2 heterocycles. The molecular weight excluding hydrogens is 599 g/mol. The third-order valence-corrected chi connectivity index (χ3v) is 8.79. The van der Waals surface area contributed by atoms with E-state index < -0.39 is 6.36 Å². The van der Waals surface area contributed by atoms with Gasteiger partial charge in [-0.15, -0.1) is 18.3 Å². The Morgan fingerprint density at radius 1 is 1.07 bits per heavy atom. The molecule has 236 valence electrons. The number of alkyl halides is 3. The fourth-order valence-corrected chi connectivity index (χ4v) is 6.62. The van der Waals surface area contributed by atoms with Gasteiger partial charge >= 0.3 is 6.36 Å². The number of rotatable bonds is 9. The van der Waals surface area contributed by atoms with Crippen LogP contribution in [-0.2, 0) is 11.2 Å². The van der Waals surface area contributed by atoms with Crippen LogP contribution in [0.3, 0.4) is 0 Å². The van der Waals surface area contributed by atoms with E-state index in [2.05, 4.69) is 70.6 Å². The van der Waals surface area contributed by atoms with Gasteiger partial charge in [0.15, 0.2) is 11.0 Å². The Labute approximate surface area is 265 Å². The van der Waals surface area contributed by atoms with Crippen LogP contribution in [0.15, 0.2) is 78.0 Å². The number of nitrogens with zero attached hydrogens (tertiary/aromatic N) is 5. The lowest BCUT2D eigenvalue weighted by molar-refractivity contribution is -0.274. The molecule has 3 aromatic carbocycles. The van der Waals surface area contributed by atoms with Crippen molar-refractivity contribution >= 4 is 28.5 Å². The Hall–Kier alpha value is -4.12. The van der Waals surface area contributed by atoms with E-state index in [4.69, 9.17) is 0 Å². The van der Waals surface area contributed by atoms with Gasteiger partial charge in [0.2, 0.25) is 5.91 Å². The summed E-state index contributed by atoms with van der Waals surface area (Å²) in [5.74, 6) is 1.23. The maximum Gasteiger partial charge on any atom is 0.573 e. The van der Waals surface area contributed by atoms with Crippen molar-refractivity contribution in [1.82, 2.24) is 14.8 Å². The van der Waals surface area contributed by atoms with Crippen LogP contribution in [0, 0.1) is 19.8 Å². The molecule has 11 heteroatoms. The monoisotopic (exact) mass is 635 g/mol. The predicted octanol–water partition coefficient (Wildman–Crippen LogP) is 8.32. The molecule has 0 bridgehead atoms. The van der Waals surface area contributed by atoms with E-state index >= 15 is 0 Å². The first-order chi connectivity index (χ1) is 21.5. The SMILES string of the molecule is Cc1cccc(C)c1N1C(=NC(=O)CC(C)CCc2ccc(-c3ncn(-c4ccc(OC(F)(F)F)cc4)n3)cc2)SCCC1C. The largest absolute Gasteiger partial charge is 0.573 e. The number of amidine groups is 1. The molecule has 1 amide bonds. The second-order valence-corrected chi connectivity index (χ2v) is 12.5. The molecule has 4 aromatic rings. The van der Waals surface area contributed by atoms with Crippen LogP contribution in [0.2, 0.25) is 0 Å². The number of ether oxygens (including phenoxy) is 1. The fourth-order valence-electron chi connectivity index (χ4n) is 5.40. The van der Waals surface area contributed by atoms with E-state index in [0.29, 0.717) is 17.9 Å². The Morgan fingerprint density at radius 3 is 2.42 bits per heavy atom. The van der Waals surface area contributed by atoms with E-state index in [1.54, 1.807) is 11.8 Å². The Kier molecular flexibility index (Phi) is 9.96. The van der Waals surface area contributed by atoms with E-state index in [-0.39, 0.29) is 23.6 Å². The Bertz CT molecular complexity index is 1630. The molecule has 5 rings (SSSR count). The molecule has 0 aliphatic carbocycles. The van der Waals surface area contributed by atoms with Crippen molar-refractivity contribution in [2.24, 2.45) is 10.9 Å². The lowest BCUT2D eigenvalue weighted by Crippen LogP contribution is -2.42. The summed E-state index contributed by atoms with van der Waals surface area (Å²) in [6.45, 7) is 8.49. The normalized spacial score (nSPS) is 17.0. The molecule has 1 aliphatic heterocycles. The first-order valence-electron chi connectivity index (χ1n) is 14.9. The van der Waals surface area contributed by atoms with Crippen LogP contribution in [0.25, 0.3) is 17.1 Å². The zero-order valence-corrected chi connectivity index (χ0v) is 26.5. The Balaban J connectivity index is 1.16. The van der Waals surface area contributed by atoms with Crippen LogP contribution in [0.1, 0.15) is 49.8 Å². The summed E-state index contributed by atoms with van der Waals surface area (Å²) in [7, 11) is 0. The molecule has 0 spiro atoms. The summed E-state index contributed by atoms with van der Waals surface area (Å²) in [5, 5.41) is 5.26. The van der Waals surface area contributed by atoms with Crippen molar-refractivity contribution in [2.45, 2.75) is 65.8 Å². The highest BCUT2D eigenvalue weighted by molar-refractivity contribution is 8.14. The van der Waals surface area contributed by atoms with Crippen LogP contribution in [0.4, 0.5) is 18.9 Å². The molecule has 1 aliphatic rings. The fraction of sp³-hybridized carbons (Fsp3) is 0.353. The van der Waals surface area contributed by atoms with Gasteiger partial charge < -0.3 is 9.64 Å². The van der Waals surface area contributed by atoms with Crippen LogP contribution in [-0.4, -0.2) is 44.0 Å². The number of halogens is 3. The molecule has 1 fully saturated rings. The van der Waals surface area contributed by atoms with E-state index in [9.17, 15) is 18.0 Å². The van der Waals surface area contributed by atoms with Gasteiger partial charge in [-0.1, -0.05) is 61.2 Å². The van der Waals surface area contributed by atoms with Gasteiger partial charge in [-0.25, -0.2) is 9.67 Å². The summed E-state index contributed by atoms with van der Waals surface area (Å²) in [6, 6.07) is 19.9. The average molecular weight is 636 g/mol. The number of hydrogen-bond donors (Lipinski definition) is 0. The zero-order chi connectivity index (χ0) is 32.1. The number of para-hydroxylation sites is 1. The van der Waals surface area contributed by atoms with Crippen molar-refractivity contribution in [3.8, 4) is 22.8 Å². The summed E-state index contributed by atoms with van der Waals surface area (Å²) in [5.41, 5.74) is 6.03. The van der Waals surface area contributed by atoms with Gasteiger partial charge in [0.25, 0.3) is 0 Å². The highest BCUT2D eigenvalue weighted by Crippen LogP contribution is 2.34. The molecule has 1 aromatic heterocycles. The van der Waals surface area contributed by atoms with Gasteiger partial charge in [-0.05, 0) is 86.9 Å². The number of aromatic nitrogens is 3. The second kappa shape index (κ2) is 13.9. The van der Waals surface area contributed by atoms with Crippen LogP contribution < -0.4 is 9.64 Å². The molecule has 7 nitrogen and oxygen atoms in total. The van der Waals surface area contributed by atoms with Gasteiger partial charge in [-0.3, -0.25) is 4.79 Å². The molecule has 45 heavy (non-hydrogen) atoms. The predicted molar refractivity (Wildman–Crippen MR) is 173 cm³/mol. The highest BCUT2D eigenvalue weighted by Gasteiger charge is 2.31. The molecular formula is C34H36F3N5O2S. The van der Waals surface area contributed by atoms with Crippen molar-refractivity contribution in [1.29, 1.82) is 0 Å². The first kappa shape index (κ1) is 32.3. The number of hydrogen-bond acceptors (Lipinski definition) is 5. The minimum atomic E-state index is -4.74. The molecule has 2 unspecified atom stereocenters. The van der Waals surface area contributed by atoms with Crippen molar-refractivity contribution in [2.75, 3.05) is 10.7 Å². The number of carbonyl (C=O) groups is 1. The lowest BCUT2D eigenvalue weighted by Gasteiger charge is -2.37. The molecule has 1 saturated heterocycles. The van der Waals surface area contributed by atoms with Crippen molar-refractivity contribution in [3.63, 3.8) is 0 Å². The van der Waals surface area contributed by atoms with Gasteiger partial charge in [0.1, 0.15) is 12.1 Å². The smallest absolute Gasteiger partial charge is 0.406 e. The van der Waals surface area contributed by atoms with Crippen LogP contribution in [0.5, 0.6) is 5.75 Å². The second-order valence-electron chi connectivity index (χ2n) is 11.5. The third-order valence-electron chi connectivity index (χ3n) is 7.80. The standard InChI is InChI=1S/C34H36F3N5O2S/c1-22(20-30(43)39-33-42(25(4)18-19-45-33)31-23(2)6-5-7-24(31)3)8-9-26-10-12-27(13-11-26)32-38-21-41(40-32)28-14-16-29(17-15-28)44-34(35,36)37/h5-7,10-17,21-22,25H,8-9,18-20H2,1-4H3. The van der Waals surface area contributed by atoms with E-state index in [0.717, 1.165) is 47.0 Å². The van der Waals surface area contributed by atoms with E-state index in [1.807, 2.05) is 24.3 Å². The Morgan fingerprint density at radius 2 is 1.76 bits per heavy atom. The maximum atomic E-state index is 13.1. The van der Waals surface area contributed by atoms with Gasteiger partial charge in [0, 0.05) is 29.5 Å². The highest BCUT2D eigenvalue weighted by atomic mass is 32.2. The van der Waals surface area contributed by atoms with Crippen LogP contribution >= 0.6 is 11.8 Å². The van der Waals surface area contributed by atoms with Gasteiger partial charge in [0.05, 0.1) is 5.69 Å². The third kappa shape index (κ3) is 8.33. The topological polar surface area (TPSA) is 72.6 Å². The lowest BCUT2D eigenvalue weighted by atomic mass is 9.97. The van der Waals surface area contributed by atoms with Crippen molar-refractivity contribution < 1.29 is 22.7 Å². The molecule has 0 N–H and O–H groups in total. The average Bonchev–Trinajstić information content (AvgIpc) is 3.47.